The highest BCUT2D eigenvalue weighted by Gasteiger charge is 2.28. The molecule has 2 rings (SSSR count). The van der Waals surface area contributed by atoms with Gasteiger partial charge in [0.15, 0.2) is 0 Å². The summed E-state index contributed by atoms with van der Waals surface area (Å²) in [5, 5.41) is 3.98. The van der Waals surface area contributed by atoms with Gasteiger partial charge in [-0.15, -0.1) is 0 Å². The number of hydrogen-bond donors (Lipinski definition) is 1. The fraction of sp³-hybridized carbons (Fsp3) is 0.333. The Hall–Kier alpha value is -2.87. The van der Waals surface area contributed by atoms with Crippen LogP contribution in [0.5, 0.6) is 0 Å². The van der Waals surface area contributed by atoms with Crippen molar-refractivity contribution in [1.29, 1.82) is 0 Å². The van der Waals surface area contributed by atoms with Crippen molar-refractivity contribution in [2.45, 2.75) is 26.8 Å². The third kappa shape index (κ3) is 6.05. The molecule has 0 aliphatic carbocycles. The zero-order valence-corrected chi connectivity index (χ0v) is 18.1. The quantitative estimate of drug-likeness (QED) is 0.503. The van der Waals surface area contributed by atoms with Crippen molar-refractivity contribution in [3.05, 3.63) is 60.2 Å². The van der Waals surface area contributed by atoms with E-state index in [1.54, 1.807) is 30.3 Å². The van der Waals surface area contributed by atoms with Crippen LogP contribution in [-0.2, 0) is 14.8 Å². The highest BCUT2D eigenvalue weighted by atomic mass is 32.2. The number of nitrogens with zero attached hydrogens (tertiary/aromatic N) is 3. The molecule has 1 unspecified atom stereocenters. The second kappa shape index (κ2) is 10.1. The van der Waals surface area contributed by atoms with Crippen molar-refractivity contribution in [3.63, 3.8) is 0 Å². The zero-order valence-electron chi connectivity index (χ0n) is 17.2. The number of hydrogen-bond acceptors (Lipinski definition) is 5. The molecule has 7 nitrogen and oxygen atoms in total. The first-order valence-electron chi connectivity index (χ1n) is 9.50. The molecule has 0 aliphatic heterocycles. The number of nitrogens with one attached hydrogen (secondary N) is 1. The van der Waals surface area contributed by atoms with E-state index >= 15 is 0 Å². The van der Waals surface area contributed by atoms with Gasteiger partial charge in [0.05, 0.1) is 18.2 Å². The summed E-state index contributed by atoms with van der Waals surface area (Å²) in [5.41, 5.74) is 4.80. The summed E-state index contributed by atoms with van der Waals surface area (Å²) in [6.07, 6.45) is 2.61. The van der Waals surface area contributed by atoms with Crippen LogP contribution in [0, 0.1) is 0 Å². The Bertz CT molecular complexity index is 924. The molecule has 2 aromatic carbocycles. The van der Waals surface area contributed by atoms with Gasteiger partial charge in [-0.3, -0.25) is 9.10 Å². The molecule has 29 heavy (non-hydrogen) atoms. The molecular formula is C21H28N4O3S. The van der Waals surface area contributed by atoms with Crippen molar-refractivity contribution in [3.8, 4) is 0 Å². The van der Waals surface area contributed by atoms with Gasteiger partial charge in [-0.05, 0) is 50.6 Å². The van der Waals surface area contributed by atoms with Gasteiger partial charge in [0.2, 0.25) is 10.0 Å². The number of anilines is 2. The molecule has 0 saturated heterocycles. The Morgan fingerprint density at radius 2 is 1.62 bits per heavy atom. The molecule has 0 bridgehead atoms. The van der Waals surface area contributed by atoms with Crippen LogP contribution in [0.3, 0.4) is 0 Å². The molecule has 0 fully saturated rings. The predicted octanol–water partition coefficient (Wildman–Crippen LogP) is 2.84. The topological polar surface area (TPSA) is 82.1 Å². The molecule has 1 N–H and O–H groups in total. The van der Waals surface area contributed by atoms with E-state index in [-0.39, 0.29) is 0 Å². The van der Waals surface area contributed by atoms with Gasteiger partial charge in [0.1, 0.15) is 6.04 Å². The summed E-state index contributed by atoms with van der Waals surface area (Å²) in [6.45, 7) is 7.58. The standard InChI is InChI=1S/C21H28N4O3S/c1-5-24(6-2)19-14-12-18(13-15-19)16-22-23-21(26)17(3)25(29(4,27)28)20-10-8-7-9-11-20/h7-17H,5-6H2,1-4H3,(H,23,26)/b22-16+. The normalized spacial score (nSPS) is 12.6. The minimum Gasteiger partial charge on any atom is -0.372 e. The highest BCUT2D eigenvalue weighted by molar-refractivity contribution is 7.92. The van der Waals surface area contributed by atoms with Crippen molar-refractivity contribution < 1.29 is 13.2 Å². The van der Waals surface area contributed by atoms with Gasteiger partial charge in [0, 0.05) is 18.8 Å². The average Bonchev–Trinajstić information content (AvgIpc) is 2.70. The number of carbonyl (C=O) groups is 1. The van der Waals surface area contributed by atoms with Crippen LogP contribution in [0.15, 0.2) is 59.7 Å². The zero-order chi connectivity index (χ0) is 21.4. The van der Waals surface area contributed by atoms with Crippen LogP contribution in [0.1, 0.15) is 26.3 Å². The van der Waals surface area contributed by atoms with Crippen LogP contribution in [-0.4, -0.2) is 45.9 Å². The number of hydrazone groups is 1. The predicted molar refractivity (Wildman–Crippen MR) is 119 cm³/mol. The van der Waals surface area contributed by atoms with Crippen molar-refractivity contribution in [2.75, 3.05) is 28.6 Å². The number of rotatable bonds is 9. The van der Waals surface area contributed by atoms with E-state index in [9.17, 15) is 13.2 Å². The largest absolute Gasteiger partial charge is 0.372 e. The van der Waals surface area contributed by atoms with Gasteiger partial charge < -0.3 is 4.90 Å². The maximum absolute atomic E-state index is 12.5. The second-order valence-corrected chi connectivity index (χ2v) is 8.43. The fourth-order valence-electron chi connectivity index (χ4n) is 3.01. The molecule has 1 atom stereocenters. The highest BCUT2D eigenvalue weighted by Crippen LogP contribution is 2.20. The molecule has 0 aromatic heterocycles. The second-order valence-electron chi connectivity index (χ2n) is 6.57. The van der Waals surface area contributed by atoms with Crippen LogP contribution >= 0.6 is 0 Å². The number of carbonyl (C=O) groups excluding carboxylic acids is 1. The van der Waals surface area contributed by atoms with E-state index in [1.165, 1.54) is 13.1 Å². The molecule has 0 heterocycles. The summed E-state index contributed by atoms with van der Waals surface area (Å²) in [5.74, 6) is -0.518. The van der Waals surface area contributed by atoms with E-state index in [1.807, 2.05) is 24.3 Å². The Morgan fingerprint density at radius 1 is 1.03 bits per heavy atom. The minimum absolute atomic E-state index is 0.425. The lowest BCUT2D eigenvalue weighted by Gasteiger charge is -2.27. The van der Waals surface area contributed by atoms with E-state index in [4.69, 9.17) is 0 Å². The van der Waals surface area contributed by atoms with Gasteiger partial charge >= 0.3 is 0 Å². The third-order valence-corrected chi connectivity index (χ3v) is 5.75. The SMILES string of the molecule is CCN(CC)c1ccc(/C=N/NC(=O)C(C)N(c2ccccc2)S(C)(=O)=O)cc1. The maximum Gasteiger partial charge on any atom is 0.263 e. The lowest BCUT2D eigenvalue weighted by Crippen LogP contribution is -2.46. The monoisotopic (exact) mass is 416 g/mol. The maximum atomic E-state index is 12.5. The summed E-state index contributed by atoms with van der Waals surface area (Å²) in [4.78, 5) is 14.7. The smallest absolute Gasteiger partial charge is 0.263 e. The molecule has 0 spiro atoms. The molecular weight excluding hydrogens is 388 g/mol. The summed E-state index contributed by atoms with van der Waals surface area (Å²) < 4.78 is 25.5. The third-order valence-electron chi connectivity index (χ3n) is 4.51. The lowest BCUT2D eigenvalue weighted by atomic mass is 10.2. The van der Waals surface area contributed by atoms with Crippen LogP contribution in [0.2, 0.25) is 0 Å². The molecule has 8 heteroatoms. The average molecular weight is 417 g/mol. The Morgan fingerprint density at radius 3 is 2.14 bits per heavy atom. The number of amides is 1. The molecule has 2 aromatic rings. The molecule has 156 valence electrons. The number of para-hydroxylation sites is 1. The van der Waals surface area contributed by atoms with Gasteiger partial charge in [-0.1, -0.05) is 30.3 Å². The first-order valence-corrected chi connectivity index (χ1v) is 11.3. The van der Waals surface area contributed by atoms with E-state index in [0.717, 1.165) is 34.9 Å². The van der Waals surface area contributed by atoms with Crippen molar-refractivity contribution >= 4 is 33.5 Å². The first kappa shape index (κ1) is 22.4. The number of sulfonamides is 1. The van der Waals surface area contributed by atoms with Gasteiger partial charge in [0.25, 0.3) is 5.91 Å². The van der Waals surface area contributed by atoms with Crippen molar-refractivity contribution in [2.24, 2.45) is 5.10 Å². The van der Waals surface area contributed by atoms with Crippen LogP contribution in [0.25, 0.3) is 0 Å². The molecule has 0 aliphatic rings. The Kier molecular flexibility index (Phi) is 7.78. The lowest BCUT2D eigenvalue weighted by molar-refractivity contribution is -0.121. The van der Waals surface area contributed by atoms with E-state index < -0.39 is 22.0 Å². The van der Waals surface area contributed by atoms with Crippen molar-refractivity contribution in [1.82, 2.24) is 5.43 Å². The van der Waals surface area contributed by atoms with Gasteiger partial charge in [-0.25, -0.2) is 13.8 Å². The first-order chi connectivity index (χ1) is 13.8. The fourth-order valence-corrected chi connectivity index (χ4v) is 4.18. The Balaban J connectivity index is 2.07. The van der Waals surface area contributed by atoms with E-state index in [0.29, 0.717) is 5.69 Å². The van der Waals surface area contributed by atoms with Crippen LogP contribution in [0.4, 0.5) is 11.4 Å². The molecule has 1 amide bonds. The number of benzene rings is 2. The summed E-state index contributed by atoms with van der Waals surface area (Å²) >= 11 is 0. The minimum atomic E-state index is -3.64. The summed E-state index contributed by atoms with van der Waals surface area (Å²) in [6, 6.07) is 15.4. The molecule has 0 radical (unpaired) electrons. The van der Waals surface area contributed by atoms with E-state index in [2.05, 4.69) is 29.3 Å². The van der Waals surface area contributed by atoms with Crippen LogP contribution < -0.4 is 14.6 Å². The van der Waals surface area contributed by atoms with Gasteiger partial charge in [-0.2, -0.15) is 5.10 Å². The molecule has 0 saturated carbocycles. The summed E-state index contributed by atoms with van der Waals surface area (Å²) in [7, 11) is -3.64. The Labute approximate surface area is 173 Å².